The molecule has 4 nitrogen and oxygen atoms in total. The molecule has 1 heterocycles. The summed E-state index contributed by atoms with van der Waals surface area (Å²) in [5, 5.41) is 3.10. The van der Waals surface area contributed by atoms with Crippen molar-refractivity contribution in [3.63, 3.8) is 0 Å². The molecule has 0 bridgehead atoms. The number of amides is 2. The van der Waals surface area contributed by atoms with Gasteiger partial charge in [0.05, 0.1) is 12.0 Å². The van der Waals surface area contributed by atoms with Gasteiger partial charge in [0.1, 0.15) is 0 Å². The van der Waals surface area contributed by atoms with Gasteiger partial charge in [0, 0.05) is 19.5 Å². The zero-order valence-corrected chi connectivity index (χ0v) is 16.2. The highest BCUT2D eigenvalue weighted by molar-refractivity contribution is 5.85. The zero-order chi connectivity index (χ0) is 19.2. The van der Waals surface area contributed by atoms with E-state index in [9.17, 15) is 9.59 Å². The third-order valence-corrected chi connectivity index (χ3v) is 5.45. The lowest BCUT2D eigenvalue weighted by Gasteiger charge is -2.41. The van der Waals surface area contributed by atoms with Crippen molar-refractivity contribution >= 4 is 11.8 Å². The van der Waals surface area contributed by atoms with E-state index in [2.05, 4.69) is 17.4 Å². The van der Waals surface area contributed by atoms with Gasteiger partial charge in [0.25, 0.3) is 0 Å². The molecule has 142 valence electrons. The molecule has 0 spiro atoms. The molecule has 2 aromatic rings. The minimum Gasteiger partial charge on any atom is -0.355 e. The monoisotopic (exact) mass is 364 g/mol. The van der Waals surface area contributed by atoms with Gasteiger partial charge < -0.3 is 10.2 Å². The third kappa shape index (κ3) is 4.38. The van der Waals surface area contributed by atoms with Crippen LogP contribution in [-0.4, -0.2) is 29.8 Å². The van der Waals surface area contributed by atoms with Gasteiger partial charge in [-0.2, -0.15) is 0 Å². The molecule has 0 aromatic heterocycles. The Morgan fingerprint density at radius 2 is 1.81 bits per heavy atom. The van der Waals surface area contributed by atoms with Gasteiger partial charge in [-0.15, -0.1) is 0 Å². The molecule has 1 aliphatic heterocycles. The summed E-state index contributed by atoms with van der Waals surface area (Å²) in [6.45, 7) is 5.26. The molecule has 2 aromatic carbocycles. The summed E-state index contributed by atoms with van der Waals surface area (Å²) >= 11 is 0. The second-order valence-electron chi connectivity index (χ2n) is 7.15. The standard InChI is InChI=1S/C23H28N2O2/c1-3-25-21(26)14-13-20(22(25)19-12-8-7-9-17(19)2)23(27)24-16-15-18-10-5-4-6-11-18/h4-12,20,22H,3,13-16H2,1-2H3,(H,24,27)/t20-,22+/m1/s1. The number of likely N-dealkylation sites (tertiary alicyclic amines) is 1. The highest BCUT2D eigenvalue weighted by atomic mass is 16.2. The molecule has 27 heavy (non-hydrogen) atoms. The molecular weight excluding hydrogens is 336 g/mol. The lowest BCUT2D eigenvalue weighted by atomic mass is 9.82. The number of hydrogen-bond acceptors (Lipinski definition) is 2. The number of benzene rings is 2. The van der Waals surface area contributed by atoms with Gasteiger partial charge in [0.15, 0.2) is 0 Å². The Kier molecular flexibility index (Phi) is 6.28. The fraction of sp³-hybridized carbons (Fsp3) is 0.391. The molecule has 2 amide bonds. The first kappa shape index (κ1) is 19.2. The van der Waals surface area contributed by atoms with E-state index in [0.29, 0.717) is 25.9 Å². The summed E-state index contributed by atoms with van der Waals surface area (Å²) in [5.74, 6) is -0.0243. The summed E-state index contributed by atoms with van der Waals surface area (Å²) in [5.41, 5.74) is 3.41. The molecule has 1 saturated heterocycles. The van der Waals surface area contributed by atoms with E-state index in [0.717, 1.165) is 17.5 Å². The first-order chi connectivity index (χ1) is 13.1. The maximum absolute atomic E-state index is 13.0. The molecule has 3 rings (SSSR count). The Balaban J connectivity index is 1.75. The Hall–Kier alpha value is -2.62. The van der Waals surface area contributed by atoms with Gasteiger partial charge in [0.2, 0.25) is 11.8 Å². The molecular formula is C23H28N2O2. The van der Waals surface area contributed by atoms with Gasteiger partial charge in [-0.05, 0) is 43.4 Å². The van der Waals surface area contributed by atoms with E-state index in [1.165, 1.54) is 5.56 Å². The van der Waals surface area contributed by atoms with Crippen LogP contribution >= 0.6 is 0 Å². The molecule has 1 aliphatic rings. The molecule has 0 saturated carbocycles. The van der Waals surface area contributed by atoms with E-state index in [-0.39, 0.29) is 23.8 Å². The molecule has 1 fully saturated rings. The Morgan fingerprint density at radius 1 is 1.11 bits per heavy atom. The summed E-state index contributed by atoms with van der Waals surface area (Å²) in [4.78, 5) is 27.4. The van der Waals surface area contributed by atoms with E-state index >= 15 is 0 Å². The van der Waals surface area contributed by atoms with E-state index in [4.69, 9.17) is 0 Å². The van der Waals surface area contributed by atoms with Crippen molar-refractivity contribution in [3.8, 4) is 0 Å². The second kappa shape index (κ2) is 8.85. The summed E-state index contributed by atoms with van der Waals surface area (Å²) in [6, 6.07) is 18.0. The van der Waals surface area contributed by atoms with Crippen LogP contribution in [0.3, 0.4) is 0 Å². The minimum atomic E-state index is -0.209. The summed E-state index contributed by atoms with van der Waals surface area (Å²) in [6.07, 6.45) is 1.85. The first-order valence-electron chi connectivity index (χ1n) is 9.78. The Morgan fingerprint density at radius 3 is 2.52 bits per heavy atom. The maximum atomic E-state index is 13.0. The lowest BCUT2D eigenvalue weighted by molar-refractivity contribution is -0.143. The van der Waals surface area contributed by atoms with E-state index < -0.39 is 0 Å². The van der Waals surface area contributed by atoms with Gasteiger partial charge >= 0.3 is 0 Å². The molecule has 1 N–H and O–H groups in total. The quantitative estimate of drug-likeness (QED) is 0.850. The average Bonchev–Trinajstić information content (AvgIpc) is 2.69. The van der Waals surface area contributed by atoms with Crippen molar-refractivity contribution in [2.24, 2.45) is 5.92 Å². The fourth-order valence-electron chi connectivity index (χ4n) is 4.01. The summed E-state index contributed by atoms with van der Waals surface area (Å²) in [7, 11) is 0. The third-order valence-electron chi connectivity index (χ3n) is 5.45. The van der Waals surface area contributed by atoms with Crippen molar-refractivity contribution in [2.75, 3.05) is 13.1 Å². The van der Waals surface area contributed by atoms with Crippen molar-refractivity contribution in [1.29, 1.82) is 0 Å². The molecule has 0 aliphatic carbocycles. The first-order valence-corrected chi connectivity index (χ1v) is 9.78. The highest BCUT2D eigenvalue weighted by Gasteiger charge is 2.40. The lowest BCUT2D eigenvalue weighted by Crippen LogP contribution is -2.48. The Bertz CT molecular complexity index is 788. The number of rotatable bonds is 6. The SMILES string of the molecule is CCN1C(=O)CC[C@@H](C(=O)NCCc2ccccc2)[C@@H]1c1ccccc1C. The number of nitrogens with one attached hydrogen (secondary N) is 1. The van der Waals surface area contributed by atoms with Crippen LogP contribution in [0, 0.1) is 12.8 Å². The normalized spacial score (nSPS) is 19.8. The van der Waals surface area contributed by atoms with Crippen LogP contribution in [0.5, 0.6) is 0 Å². The molecule has 2 atom stereocenters. The van der Waals surface area contributed by atoms with Crippen molar-refractivity contribution in [2.45, 2.75) is 39.2 Å². The number of hydrogen-bond donors (Lipinski definition) is 1. The fourth-order valence-corrected chi connectivity index (χ4v) is 4.01. The van der Waals surface area contributed by atoms with Gasteiger partial charge in [-0.25, -0.2) is 0 Å². The molecule has 0 unspecified atom stereocenters. The Labute approximate surface area is 161 Å². The molecule has 0 radical (unpaired) electrons. The second-order valence-corrected chi connectivity index (χ2v) is 7.15. The smallest absolute Gasteiger partial charge is 0.225 e. The predicted octanol–water partition coefficient (Wildman–Crippen LogP) is 3.65. The molecule has 4 heteroatoms. The van der Waals surface area contributed by atoms with Gasteiger partial charge in [-0.1, -0.05) is 54.6 Å². The van der Waals surface area contributed by atoms with E-state index in [1.807, 2.05) is 61.2 Å². The van der Waals surface area contributed by atoms with Crippen molar-refractivity contribution < 1.29 is 9.59 Å². The number of aryl methyl sites for hydroxylation is 1. The zero-order valence-electron chi connectivity index (χ0n) is 16.2. The van der Waals surface area contributed by atoms with E-state index in [1.54, 1.807) is 0 Å². The van der Waals surface area contributed by atoms with Crippen molar-refractivity contribution in [3.05, 3.63) is 71.3 Å². The number of carbonyl (C=O) groups is 2. The van der Waals surface area contributed by atoms with Crippen LogP contribution < -0.4 is 5.32 Å². The topological polar surface area (TPSA) is 49.4 Å². The largest absolute Gasteiger partial charge is 0.355 e. The van der Waals surface area contributed by atoms with Crippen LogP contribution in [0.2, 0.25) is 0 Å². The number of piperidine rings is 1. The van der Waals surface area contributed by atoms with Crippen LogP contribution in [0.15, 0.2) is 54.6 Å². The number of nitrogens with zero attached hydrogens (tertiary/aromatic N) is 1. The van der Waals surface area contributed by atoms with Crippen LogP contribution in [-0.2, 0) is 16.0 Å². The van der Waals surface area contributed by atoms with Crippen LogP contribution in [0.1, 0.15) is 42.5 Å². The van der Waals surface area contributed by atoms with Crippen LogP contribution in [0.25, 0.3) is 0 Å². The average molecular weight is 364 g/mol. The minimum absolute atomic E-state index is 0.0464. The number of carbonyl (C=O) groups excluding carboxylic acids is 2. The highest BCUT2D eigenvalue weighted by Crippen LogP contribution is 2.38. The summed E-state index contributed by atoms with van der Waals surface area (Å²) < 4.78 is 0. The van der Waals surface area contributed by atoms with Gasteiger partial charge in [-0.3, -0.25) is 9.59 Å². The maximum Gasteiger partial charge on any atom is 0.225 e. The van der Waals surface area contributed by atoms with Crippen molar-refractivity contribution in [1.82, 2.24) is 10.2 Å². The predicted molar refractivity (Wildman–Crippen MR) is 107 cm³/mol. The van der Waals surface area contributed by atoms with Crippen LogP contribution in [0.4, 0.5) is 0 Å².